The molecule has 2 heteroatoms. The molecule has 37 heavy (non-hydrogen) atoms. The molecule has 0 saturated carbocycles. The van der Waals surface area contributed by atoms with E-state index in [0.717, 1.165) is 16.8 Å². The van der Waals surface area contributed by atoms with E-state index in [1.54, 1.807) is 0 Å². The minimum atomic E-state index is 1.04. The zero-order valence-electron chi connectivity index (χ0n) is 20.0. The van der Waals surface area contributed by atoms with E-state index in [0.29, 0.717) is 0 Å². The molecule has 0 unspecified atom stereocenters. The Hall–Kier alpha value is -4.53. The molecular formula is C35H21NS. The number of rotatable bonds is 2. The lowest BCUT2D eigenvalue weighted by Gasteiger charge is -2.10. The summed E-state index contributed by atoms with van der Waals surface area (Å²) >= 11 is 1.84. The predicted molar refractivity (Wildman–Crippen MR) is 161 cm³/mol. The van der Waals surface area contributed by atoms with E-state index in [1.807, 2.05) is 11.3 Å². The van der Waals surface area contributed by atoms with Gasteiger partial charge in [-0.15, -0.1) is 11.3 Å². The standard InChI is InChI=1S/C35H21NS/c1-2-11-27-22(8-1)16-17-23-18-19-25(21-30(23)27)24-9-7-10-26(20-24)34-35-33(28-12-3-5-14-31(28)36-34)29-13-4-6-15-32(29)37-35/h1-21H. The number of pyridine rings is 1. The molecule has 0 spiro atoms. The first kappa shape index (κ1) is 20.6. The predicted octanol–water partition coefficient (Wildman–Crippen LogP) is 10.2. The fraction of sp³-hybridized carbons (Fsp3) is 0. The summed E-state index contributed by atoms with van der Waals surface area (Å²) in [7, 11) is 0. The van der Waals surface area contributed by atoms with Gasteiger partial charge in [-0.2, -0.15) is 0 Å². The molecule has 0 aliphatic carbocycles. The number of thiophene rings is 1. The van der Waals surface area contributed by atoms with Crippen LogP contribution >= 0.6 is 11.3 Å². The molecule has 0 aliphatic rings. The van der Waals surface area contributed by atoms with Crippen molar-refractivity contribution in [3.8, 4) is 22.4 Å². The lowest BCUT2D eigenvalue weighted by Crippen LogP contribution is -1.88. The van der Waals surface area contributed by atoms with Crippen LogP contribution in [0.1, 0.15) is 0 Å². The third kappa shape index (κ3) is 3.20. The number of nitrogens with zero attached hydrogens (tertiary/aromatic N) is 1. The van der Waals surface area contributed by atoms with Crippen molar-refractivity contribution in [3.05, 3.63) is 127 Å². The molecule has 8 aromatic rings. The van der Waals surface area contributed by atoms with Crippen molar-refractivity contribution in [3.63, 3.8) is 0 Å². The SMILES string of the molecule is c1cc(-c2ccc3ccc4ccccc4c3c2)cc(-c2nc3ccccc3c3c2sc2ccccc23)c1. The van der Waals surface area contributed by atoms with Gasteiger partial charge in [0, 0.05) is 26.4 Å². The minimum Gasteiger partial charge on any atom is -0.246 e. The lowest BCUT2D eigenvalue weighted by molar-refractivity contribution is 1.44. The van der Waals surface area contributed by atoms with Crippen LogP contribution in [0, 0.1) is 0 Å². The van der Waals surface area contributed by atoms with Gasteiger partial charge < -0.3 is 0 Å². The van der Waals surface area contributed by atoms with Crippen LogP contribution in [0.25, 0.3) is 75.0 Å². The van der Waals surface area contributed by atoms with Crippen molar-refractivity contribution in [2.24, 2.45) is 0 Å². The van der Waals surface area contributed by atoms with E-state index in [4.69, 9.17) is 4.98 Å². The second kappa shape index (κ2) is 7.99. The van der Waals surface area contributed by atoms with Gasteiger partial charge in [0.05, 0.1) is 15.9 Å². The molecular weight excluding hydrogens is 466 g/mol. The van der Waals surface area contributed by atoms with Crippen molar-refractivity contribution in [2.75, 3.05) is 0 Å². The number of benzene rings is 6. The van der Waals surface area contributed by atoms with Crippen LogP contribution in [0.15, 0.2) is 127 Å². The normalized spacial score (nSPS) is 11.8. The van der Waals surface area contributed by atoms with Crippen LogP contribution in [-0.2, 0) is 0 Å². The van der Waals surface area contributed by atoms with Crippen molar-refractivity contribution < 1.29 is 0 Å². The molecule has 0 atom stereocenters. The van der Waals surface area contributed by atoms with Gasteiger partial charge in [0.2, 0.25) is 0 Å². The van der Waals surface area contributed by atoms with Gasteiger partial charge in [-0.3, -0.25) is 0 Å². The largest absolute Gasteiger partial charge is 0.246 e. The number of hydrogen-bond donors (Lipinski definition) is 0. The Balaban J connectivity index is 1.37. The van der Waals surface area contributed by atoms with Crippen LogP contribution < -0.4 is 0 Å². The summed E-state index contributed by atoms with van der Waals surface area (Å²) in [4.78, 5) is 5.20. The van der Waals surface area contributed by atoms with E-state index in [2.05, 4.69) is 127 Å². The van der Waals surface area contributed by atoms with Crippen molar-refractivity contribution in [1.82, 2.24) is 4.98 Å². The van der Waals surface area contributed by atoms with Crippen molar-refractivity contribution in [2.45, 2.75) is 0 Å². The molecule has 0 fully saturated rings. The summed E-state index contributed by atoms with van der Waals surface area (Å²) in [5.74, 6) is 0. The maximum atomic E-state index is 5.20. The Labute approximate surface area is 218 Å². The van der Waals surface area contributed by atoms with Gasteiger partial charge in [0.25, 0.3) is 0 Å². The smallest absolute Gasteiger partial charge is 0.0888 e. The van der Waals surface area contributed by atoms with E-state index in [-0.39, 0.29) is 0 Å². The Bertz CT molecular complexity index is 2150. The van der Waals surface area contributed by atoms with E-state index >= 15 is 0 Å². The first-order valence-electron chi connectivity index (χ1n) is 12.6. The third-order valence-electron chi connectivity index (χ3n) is 7.43. The van der Waals surface area contributed by atoms with E-state index in [1.165, 1.54) is 58.2 Å². The monoisotopic (exact) mass is 487 g/mol. The molecule has 0 aliphatic heterocycles. The second-order valence-electron chi connectivity index (χ2n) is 9.58. The fourth-order valence-corrected chi connectivity index (χ4v) is 6.89. The molecule has 1 nitrogen and oxygen atoms in total. The highest BCUT2D eigenvalue weighted by molar-refractivity contribution is 7.26. The Morgan fingerprint density at radius 3 is 2.05 bits per heavy atom. The van der Waals surface area contributed by atoms with Gasteiger partial charge in [-0.1, -0.05) is 103 Å². The quantitative estimate of drug-likeness (QED) is 0.221. The molecule has 6 aromatic carbocycles. The Morgan fingerprint density at radius 1 is 0.459 bits per heavy atom. The van der Waals surface area contributed by atoms with Crippen LogP contribution in [0.2, 0.25) is 0 Å². The van der Waals surface area contributed by atoms with Crippen molar-refractivity contribution >= 4 is 64.0 Å². The van der Waals surface area contributed by atoms with Crippen LogP contribution in [0.5, 0.6) is 0 Å². The third-order valence-corrected chi connectivity index (χ3v) is 8.61. The van der Waals surface area contributed by atoms with Crippen LogP contribution in [-0.4, -0.2) is 4.98 Å². The summed E-state index contributed by atoms with van der Waals surface area (Å²) in [6.45, 7) is 0. The second-order valence-corrected chi connectivity index (χ2v) is 10.6. The van der Waals surface area contributed by atoms with Crippen molar-refractivity contribution in [1.29, 1.82) is 0 Å². The molecule has 0 saturated heterocycles. The maximum Gasteiger partial charge on any atom is 0.0888 e. The van der Waals surface area contributed by atoms with Crippen LogP contribution in [0.4, 0.5) is 0 Å². The molecule has 0 amide bonds. The van der Waals surface area contributed by atoms with Gasteiger partial charge >= 0.3 is 0 Å². The Morgan fingerprint density at radius 2 is 1.14 bits per heavy atom. The van der Waals surface area contributed by atoms with E-state index in [9.17, 15) is 0 Å². The molecule has 172 valence electrons. The number of para-hydroxylation sites is 1. The summed E-state index contributed by atoms with van der Waals surface area (Å²) in [6.07, 6.45) is 0. The minimum absolute atomic E-state index is 1.04. The highest BCUT2D eigenvalue weighted by Gasteiger charge is 2.16. The van der Waals surface area contributed by atoms with Crippen LogP contribution in [0.3, 0.4) is 0 Å². The van der Waals surface area contributed by atoms with Gasteiger partial charge in [0.1, 0.15) is 0 Å². The Kier molecular flexibility index (Phi) is 4.46. The maximum absolute atomic E-state index is 5.20. The lowest BCUT2D eigenvalue weighted by atomic mass is 9.95. The number of fused-ring (bicyclic) bond motifs is 8. The molecule has 2 heterocycles. The highest BCUT2D eigenvalue weighted by Crippen LogP contribution is 2.43. The average molecular weight is 488 g/mol. The summed E-state index contributed by atoms with van der Waals surface area (Å²) in [6, 6.07) is 45.9. The summed E-state index contributed by atoms with van der Waals surface area (Å²) in [5, 5.41) is 8.95. The molecule has 0 radical (unpaired) electrons. The van der Waals surface area contributed by atoms with Gasteiger partial charge in [-0.25, -0.2) is 4.98 Å². The zero-order chi connectivity index (χ0) is 24.3. The summed E-state index contributed by atoms with van der Waals surface area (Å²) < 4.78 is 2.55. The average Bonchev–Trinajstić information content (AvgIpc) is 3.36. The molecule has 8 rings (SSSR count). The van der Waals surface area contributed by atoms with E-state index < -0.39 is 0 Å². The van der Waals surface area contributed by atoms with Gasteiger partial charge in [0.15, 0.2) is 0 Å². The van der Waals surface area contributed by atoms with Gasteiger partial charge in [-0.05, 0) is 56.9 Å². The number of hydrogen-bond acceptors (Lipinski definition) is 2. The first-order chi connectivity index (χ1) is 18.3. The highest BCUT2D eigenvalue weighted by atomic mass is 32.1. The topological polar surface area (TPSA) is 12.9 Å². The molecule has 0 N–H and O–H groups in total. The fourth-order valence-electron chi connectivity index (χ4n) is 5.66. The first-order valence-corrected chi connectivity index (χ1v) is 13.4. The summed E-state index contributed by atoms with van der Waals surface area (Å²) in [5.41, 5.74) is 5.67. The molecule has 0 bridgehead atoms. The molecule has 2 aromatic heterocycles. The number of aromatic nitrogens is 1. The zero-order valence-corrected chi connectivity index (χ0v) is 20.8.